The van der Waals surface area contributed by atoms with Gasteiger partial charge in [-0.15, -0.1) is 0 Å². The highest BCUT2D eigenvalue weighted by Gasteiger charge is 2.42. The minimum atomic E-state index is -0.193. The number of nitrogens with one attached hydrogen (secondary N) is 2. The number of H-pyrrole nitrogens is 1. The number of phenolic OH excluding ortho intramolecular Hbond substituents is 1. The van der Waals surface area contributed by atoms with Crippen LogP contribution in [0.3, 0.4) is 0 Å². The molecule has 5 nitrogen and oxygen atoms in total. The highest BCUT2D eigenvalue weighted by Crippen LogP contribution is 2.44. The van der Waals surface area contributed by atoms with E-state index in [2.05, 4.69) is 15.3 Å². The van der Waals surface area contributed by atoms with Gasteiger partial charge in [-0.25, -0.2) is 0 Å². The van der Waals surface area contributed by atoms with E-state index in [4.69, 9.17) is 23.8 Å². The topological polar surface area (TPSA) is 64.2 Å². The van der Waals surface area contributed by atoms with Gasteiger partial charge in [0, 0.05) is 23.1 Å². The highest BCUT2D eigenvalue weighted by molar-refractivity contribution is 7.80. The van der Waals surface area contributed by atoms with Crippen LogP contribution in [0.4, 0.5) is 5.69 Å². The second kappa shape index (κ2) is 6.38. The third-order valence-electron chi connectivity index (χ3n) is 4.24. The SMILES string of the molecule is Oc1ccc(Cl)cc1N1C(=S)NC(c2ccccn2)C1c1ccc[nH]1. The summed E-state index contributed by atoms with van der Waals surface area (Å²) in [7, 11) is 0. The Bertz CT molecular complexity index is 901. The number of phenols is 1. The first kappa shape index (κ1) is 15.9. The van der Waals surface area contributed by atoms with Crippen molar-refractivity contribution in [2.75, 3.05) is 4.90 Å². The molecule has 0 aliphatic carbocycles. The molecule has 1 aliphatic rings. The maximum atomic E-state index is 10.4. The lowest BCUT2D eigenvalue weighted by Crippen LogP contribution is -2.29. The summed E-state index contributed by atoms with van der Waals surface area (Å²) in [5.74, 6) is 0.117. The molecule has 3 heterocycles. The number of pyridine rings is 1. The minimum absolute atomic E-state index is 0.117. The fourth-order valence-corrected chi connectivity index (χ4v) is 3.65. The molecule has 0 radical (unpaired) electrons. The highest BCUT2D eigenvalue weighted by atomic mass is 35.5. The van der Waals surface area contributed by atoms with Gasteiger partial charge in [-0.2, -0.15) is 0 Å². The fourth-order valence-electron chi connectivity index (χ4n) is 3.15. The van der Waals surface area contributed by atoms with Gasteiger partial charge in [-0.1, -0.05) is 17.7 Å². The summed E-state index contributed by atoms with van der Waals surface area (Å²) >= 11 is 11.7. The van der Waals surface area contributed by atoms with Crippen LogP contribution in [0.1, 0.15) is 23.5 Å². The molecule has 0 amide bonds. The Morgan fingerprint density at radius 3 is 2.76 bits per heavy atom. The van der Waals surface area contributed by atoms with E-state index in [0.29, 0.717) is 15.8 Å². The van der Waals surface area contributed by atoms with Crippen LogP contribution in [0.2, 0.25) is 5.02 Å². The van der Waals surface area contributed by atoms with Gasteiger partial charge in [-0.05, 0) is 54.7 Å². The van der Waals surface area contributed by atoms with Crippen molar-refractivity contribution in [3.63, 3.8) is 0 Å². The fraction of sp³-hybridized carbons (Fsp3) is 0.111. The zero-order valence-corrected chi connectivity index (χ0v) is 14.6. The van der Waals surface area contributed by atoms with Crippen LogP contribution in [-0.4, -0.2) is 20.2 Å². The molecule has 4 rings (SSSR count). The molecule has 25 heavy (non-hydrogen) atoms. The van der Waals surface area contributed by atoms with Crippen LogP contribution >= 0.6 is 23.8 Å². The van der Waals surface area contributed by atoms with E-state index in [1.165, 1.54) is 0 Å². The van der Waals surface area contributed by atoms with Crippen LogP contribution in [0.5, 0.6) is 5.75 Å². The van der Waals surface area contributed by atoms with Crippen LogP contribution in [0, 0.1) is 0 Å². The summed E-state index contributed by atoms with van der Waals surface area (Å²) in [5.41, 5.74) is 2.39. The van der Waals surface area contributed by atoms with Gasteiger partial charge in [0.05, 0.1) is 17.4 Å². The molecule has 3 aromatic rings. The summed E-state index contributed by atoms with van der Waals surface area (Å²) in [4.78, 5) is 9.60. The van der Waals surface area contributed by atoms with Crippen LogP contribution < -0.4 is 10.2 Å². The maximum absolute atomic E-state index is 10.4. The average molecular weight is 371 g/mol. The van der Waals surface area contributed by atoms with Crippen molar-refractivity contribution < 1.29 is 5.11 Å². The quantitative estimate of drug-likeness (QED) is 0.609. The second-order valence-electron chi connectivity index (χ2n) is 5.76. The number of thiocarbonyl (C=S) groups is 1. The minimum Gasteiger partial charge on any atom is -0.506 e. The largest absolute Gasteiger partial charge is 0.506 e. The molecule has 1 aromatic carbocycles. The van der Waals surface area contributed by atoms with E-state index in [-0.39, 0.29) is 17.8 Å². The summed E-state index contributed by atoms with van der Waals surface area (Å²) in [6.07, 6.45) is 3.62. The van der Waals surface area contributed by atoms with Crippen LogP contribution in [0.15, 0.2) is 60.9 Å². The van der Waals surface area contributed by atoms with Crippen molar-refractivity contribution in [1.82, 2.24) is 15.3 Å². The molecule has 1 aliphatic heterocycles. The Hall–Kier alpha value is -2.57. The van der Waals surface area contributed by atoms with Crippen molar-refractivity contribution in [1.29, 1.82) is 0 Å². The number of hydrogen-bond donors (Lipinski definition) is 3. The lowest BCUT2D eigenvalue weighted by Gasteiger charge is -2.27. The molecule has 1 fully saturated rings. The Labute approximate surface area is 155 Å². The molecule has 7 heteroatoms. The molecular formula is C18H15ClN4OS. The first-order valence-corrected chi connectivity index (χ1v) is 8.56. The third-order valence-corrected chi connectivity index (χ3v) is 4.79. The van der Waals surface area contributed by atoms with Crippen LogP contribution in [0.25, 0.3) is 0 Å². The number of nitrogens with zero attached hydrogens (tertiary/aromatic N) is 2. The van der Waals surface area contributed by atoms with Crippen molar-refractivity contribution in [2.24, 2.45) is 0 Å². The predicted molar refractivity (Wildman–Crippen MR) is 102 cm³/mol. The third kappa shape index (κ3) is 2.83. The van der Waals surface area contributed by atoms with Crippen molar-refractivity contribution in [3.05, 3.63) is 77.3 Å². The van der Waals surface area contributed by atoms with Gasteiger partial charge >= 0.3 is 0 Å². The van der Waals surface area contributed by atoms with Gasteiger partial charge < -0.3 is 20.3 Å². The molecule has 1 saturated heterocycles. The lowest BCUT2D eigenvalue weighted by molar-refractivity contribution is 0.472. The Kier molecular flexibility index (Phi) is 4.07. The zero-order chi connectivity index (χ0) is 17.4. The molecule has 2 atom stereocenters. The molecule has 126 valence electrons. The van der Waals surface area contributed by atoms with Crippen LogP contribution in [-0.2, 0) is 0 Å². The summed E-state index contributed by atoms with van der Waals surface area (Å²) in [6, 6.07) is 14.3. The second-order valence-corrected chi connectivity index (χ2v) is 6.58. The first-order chi connectivity index (χ1) is 12.1. The number of anilines is 1. The maximum Gasteiger partial charge on any atom is 0.174 e. The van der Waals surface area contributed by atoms with Gasteiger partial charge in [0.25, 0.3) is 0 Å². The number of aromatic hydroxyl groups is 1. The molecule has 2 unspecified atom stereocenters. The number of hydrogen-bond acceptors (Lipinski definition) is 3. The van der Waals surface area contributed by atoms with E-state index in [1.807, 2.05) is 41.4 Å². The standard InChI is InChI=1S/C18H15ClN4OS/c19-11-6-7-15(24)14(10-11)23-17(13-5-3-9-21-13)16(22-18(23)25)12-4-1-2-8-20-12/h1-10,16-17,21,24H,(H,22,25). The number of halogens is 1. The Morgan fingerprint density at radius 2 is 2.04 bits per heavy atom. The normalized spacial score (nSPS) is 19.9. The zero-order valence-electron chi connectivity index (χ0n) is 13.1. The monoisotopic (exact) mass is 370 g/mol. The Morgan fingerprint density at radius 1 is 1.16 bits per heavy atom. The molecule has 0 bridgehead atoms. The number of aromatic nitrogens is 2. The smallest absolute Gasteiger partial charge is 0.174 e. The molecule has 0 spiro atoms. The van der Waals surface area contributed by atoms with Gasteiger partial charge in [0.1, 0.15) is 11.8 Å². The van der Waals surface area contributed by atoms with E-state index >= 15 is 0 Å². The first-order valence-electron chi connectivity index (χ1n) is 7.77. The van der Waals surface area contributed by atoms with Gasteiger partial charge in [0.2, 0.25) is 0 Å². The average Bonchev–Trinajstić information content (AvgIpc) is 3.25. The summed E-state index contributed by atoms with van der Waals surface area (Å²) < 4.78 is 0. The Balaban J connectivity index is 1.85. The van der Waals surface area contributed by atoms with Crippen molar-refractivity contribution in [3.8, 4) is 5.75 Å². The summed E-state index contributed by atoms with van der Waals surface area (Å²) in [5, 5.41) is 14.7. The summed E-state index contributed by atoms with van der Waals surface area (Å²) in [6.45, 7) is 0. The number of aromatic amines is 1. The molecule has 3 N–H and O–H groups in total. The van der Waals surface area contributed by atoms with E-state index in [9.17, 15) is 5.11 Å². The number of rotatable bonds is 3. The molecular weight excluding hydrogens is 356 g/mol. The van der Waals surface area contributed by atoms with E-state index in [1.54, 1.807) is 24.4 Å². The predicted octanol–water partition coefficient (Wildman–Crippen LogP) is 3.95. The lowest BCUT2D eigenvalue weighted by atomic mass is 10.0. The van der Waals surface area contributed by atoms with Gasteiger partial charge in [0.15, 0.2) is 5.11 Å². The molecule has 2 aromatic heterocycles. The van der Waals surface area contributed by atoms with E-state index < -0.39 is 0 Å². The number of benzene rings is 1. The van der Waals surface area contributed by atoms with E-state index in [0.717, 1.165) is 11.4 Å². The van der Waals surface area contributed by atoms with Gasteiger partial charge in [-0.3, -0.25) is 4.98 Å². The van der Waals surface area contributed by atoms with Crippen molar-refractivity contribution in [2.45, 2.75) is 12.1 Å². The molecule has 0 saturated carbocycles. The van der Waals surface area contributed by atoms with Crippen molar-refractivity contribution >= 4 is 34.6 Å².